The number of rotatable bonds is 4. The number of thiazole rings is 1. The molecule has 0 bridgehead atoms. The van der Waals surface area contributed by atoms with Gasteiger partial charge in [-0.25, -0.2) is 0 Å². The van der Waals surface area contributed by atoms with Crippen LogP contribution in [0.3, 0.4) is 0 Å². The molecule has 7 heteroatoms. The number of fused-ring (bicyclic) bond motifs is 1. The molecule has 0 unspecified atom stereocenters. The smallest absolute Gasteiger partial charge is 0.233 e. The number of carbonyl (C=O) groups is 1. The van der Waals surface area contributed by atoms with Crippen molar-refractivity contribution in [1.29, 1.82) is 0 Å². The van der Waals surface area contributed by atoms with Gasteiger partial charge in [0.2, 0.25) is 10.9 Å². The summed E-state index contributed by atoms with van der Waals surface area (Å²) in [4.78, 5) is 15.5. The number of hydrogen-bond acceptors (Lipinski definition) is 5. The van der Waals surface area contributed by atoms with Gasteiger partial charge in [-0.1, -0.05) is 36.7 Å². The van der Waals surface area contributed by atoms with Gasteiger partial charge in [-0.05, 0) is 49.4 Å². The number of likely N-dealkylation sites (tertiary alicyclic amines) is 1. The highest BCUT2D eigenvalue weighted by Crippen LogP contribution is 2.31. The summed E-state index contributed by atoms with van der Waals surface area (Å²) in [7, 11) is 0. The third-order valence-corrected chi connectivity index (χ3v) is 6.94. The number of amides is 1. The van der Waals surface area contributed by atoms with Crippen molar-refractivity contribution in [2.45, 2.75) is 44.7 Å². The van der Waals surface area contributed by atoms with Gasteiger partial charge < -0.3 is 4.90 Å². The Labute approximate surface area is 167 Å². The van der Waals surface area contributed by atoms with Gasteiger partial charge in [0.05, 0.1) is 11.4 Å². The third kappa shape index (κ3) is 3.89. The molecule has 1 fully saturated rings. The van der Waals surface area contributed by atoms with Crippen molar-refractivity contribution in [3.05, 3.63) is 34.7 Å². The van der Waals surface area contributed by atoms with E-state index >= 15 is 0 Å². The molecule has 0 aliphatic carbocycles. The lowest BCUT2D eigenvalue weighted by Gasteiger charge is -2.19. The summed E-state index contributed by atoms with van der Waals surface area (Å²) in [6.45, 7) is 6.03. The van der Waals surface area contributed by atoms with E-state index in [9.17, 15) is 4.79 Å². The topological polar surface area (TPSA) is 50.5 Å². The molecule has 0 spiro atoms. The van der Waals surface area contributed by atoms with E-state index in [2.05, 4.69) is 52.0 Å². The SMILES string of the molecule is Cc1ccc(-c2csc3nnc(SCC(=O)N4CCCCCC4)n23)cc1C. The van der Waals surface area contributed by atoms with Gasteiger partial charge in [-0.15, -0.1) is 21.5 Å². The van der Waals surface area contributed by atoms with Crippen LogP contribution in [0.4, 0.5) is 0 Å². The van der Waals surface area contributed by atoms with Gasteiger partial charge in [0.15, 0.2) is 5.16 Å². The minimum Gasteiger partial charge on any atom is -0.342 e. The predicted molar refractivity (Wildman–Crippen MR) is 112 cm³/mol. The second-order valence-electron chi connectivity index (χ2n) is 7.10. The zero-order valence-corrected chi connectivity index (χ0v) is 17.4. The molecule has 0 atom stereocenters. The molecule has 27 heavy (non-hydrogen) atoms. The summed E-state index contributed by atoms with van der Waals surface area (Å²) in [6.07, 6.45) is 4.70. The van der Waals surface area contributed by atoms with Crippen molar-refractivity contribution in [2.75, 3.05) is 18.8 Å². The average Bonchev–Trinajstić information content (AvgIpc) is 3.14. The Hall–Kier alpha value is -1.86. The first-order valence-electron chi connectivity index (χ1n) is 9.44. The molecule has 0 N–H and O–H groups in total. The minimum atomic E-state index is 0.210. The zero-order valence-electron chi connectivity index (χ0n) is 15.8. The lowest BCUT2D eigenvalue weighted by molar-refractivity contribution is -0.128. The molecule has 0 radical (unpaired) electrons. The number of nitrogens with zero attached hydrogens (tertiary/aromatic N) is 4. The van der Waals surface area contributed by atoms with Crippen LogP contribution in [0.5, 0.6) is 0 Å². The molecule has 2 aromatic heterocycles. The molecule has 5 nitrogen and oxygen atoms in total. The Balaban J connectivity index is 1.55. The van der Waals surface area contributed by atoms with Crippen molar-refractivity contribution >= 4 is 34.0 Å². The lowest BCUT2D eigenvalue weighted by atomic mass is 10.1. The fourth-order valence-corrected chi connectivity index (χ4v) is 5.17. The second kappa shape index (κ2) is 8.02. The summed E-state index contributed by atoms with van der Waals surface area (Å²) < 4.78 is 2.08. The van der Waals surface area contributed by atoms with E-state index in [-0.39, 0.29) is 5.91 Å². The van der Waals surface area contributed by atoms with Crippen molar-refractivity contribution in [3.63, 3.8) is 0 Å². The summed E-state index contributed by atoms with van der Waals surface area (Å²) in [5, 5.41) is 11.5. The Bertz CT molecular complexity index is 954. The normalized spacial score (nSPS) is 15.3. The van der Waals surface area contributed by atoms with Crippen LogP contribution in [-0.4, -0.2) is 44.2 Å². The number of aromatic nitrogens is 3. The van der Waals surface area contributed by atoms with Crippen molar-refractivity contribution in [1.82, 2.24) is 19.5 Å². The maximum absolute atomic E-state index is 12.6. The van der Waals surface area contributed by atoms with Gasteiger partial charge in [-0.2, -0.15) is 0 Å². The number of benzene rings is 1. The van der Waals surface area contributed by atoms with Crippen molar-refractivity contribution < 1.29 is 4.79 Å². The monoisotopic (exact) mass is 400 g/mol. The van der Waals surface area contributed by atoms with Crippen molar-refractivity contribution in [2.24, 2.45) is 0 Å². The van der Waals surface area contributed by atoms with E-state index < -0.39 is 0 Å². The molecule has 1 saturated heterocycles. The third-order valence-electron chi connectivity index (χ3n) is 5.21. The first-order valence-corrected chi connectivity index (χ1v) is 11.3. The van der Waals surface area contributed by atoms with Crippen LogP contribution in [0.15, 0.2) is 28.7 Å². The van der Waals surface area contributed by atoms with Crippen LogP contribution < -0.4 is 0 Å². The van der Waals surface area contributed by atoms with Crippen LogP contribution in [0.25, 0.3) is 16.2 Å². The molecule has 1 aromatic carbocycles. The predicted octanol–water partition coefficient (Wildman–Crippen LogP) is 4.57. The van der Waals surface area contributed by atoms with E-state index in [1.54, 1.807) is 11.3 Å². The first kappa shape index (κ1) is 18.5. The van der Waals surface area contributed by atoms with E-state index in [0.717, 1.165) is 47.3 Å². The highest BCUT2D eigenvalue weighted by Gasteiger charge is 2.19. The largest absolute Gasteiger partial charge is 0.342 e. The molecule has 3 aromatic rings. The molecule has 142 valence electrons. The summed E-state index contributed by atoms with van der Waals surface area (Å²) in [5.74, 6) is 0.629. The molecule has 0 saturated carbocycles. The number of thioether (sulfide) groups is 1. The molecule has 3 heterocycles. The number of hydrogen-bond donors (Lipinski definition) is 0. The second-order valence-corrected chi connectivity index (χ2v) is 8.88. The molecule has 1 aliphatic rings. The van der Waals surface area contributed by atoms with Gasteiger partial charge >= 0.3 is 0 Å². The van der Waals surface area contributed by atoms with E-state index in [4.69, 9.17) is 0 Å². The van der Waals surface area contributed by atoms with E-state index in [0.29, 0.717) is 5.75 Å². The summed E-state index contributed by atoms with van der Waals surface area (Å²) in [5.41, 5.74) is 4.80. The van der Waals surface area contributed by atoms with E-state index in [1.807, 2.05) is 4.90 Å². The summed E-state index contributed by atoms with van der Waals surface area (Å²) >= 11 is 3.08. The average molecular weight is 401 g/mol. The van der Waals surface area contributed by atoms with Crippen LogP contribution in [0.1, 0.15) is 36.8 Å². The molecule has 1 amide bonds. The Morgan fingerprint density at radius 3 is 2.63 bits per heavy atom. The van der Waals surface area contributed by atoms with Gasteiger partial charge in [0, 0.05) is 18.5 Å². The van der Waals surface area contributed by atoms with Crippen molar-refractivity contribution in [3.8, 4) is 11.3 Å². The van der Waals surface area contributed by atoms with Crippen LogP contribution in [0.2, 0.25) is 0 Å². The summed E-state index contributed by atoms with van der Waals surface area (Å²) in [6, 6.07) is 6.49. The highest BCUT2D eigenvalue weighted by molar-refractivity contribution is 7.99. The zero-order chi connectivity index (χ0) is 18.8. The standard InChI is InChI=1S/C20H24N4OS2/c1-14-7-8-16(11-15(14)2)17-12-26-19-21-22-20(24(17)19)27-13-18(25)23-9-5-3-4-6-10-23/h7-8,11-12H,3-6,9-10,13H2,1-2H3. The maximum atomic E-state index is 12.6. The quantitative estimate of drug-likeness (QED) is 0.602. The number of carbonyl (C=O) groups excluding carboxylic acids is 1. The van der Waals surface area contributed by atoms with Gasteiger partial charge in [-0.3, -0.25) is 9.20 Å². The molecule has 1 aliphatic heterocycles. The highest BCUT2D eigenvalue weighted by atomic mass is 32.2. The Morgan fingerprint density at radius 1 is 1.11 bits per heavy atom. The maximum Gasteiger partial charge on any atom is 0.233 e. The van der Waals surface area contributed by atoms with Crippen LogP contribution >= 0.6 is 23.1 Å². The first-order chi connectivity index (χ1) is 13.1. The van der Waals surface area contributed by atoms with Crippen LogP contribution in [0, 0.1) is 13.8 Å². The van der Waals surface area contributed by atoms with Gasteiger partial charge in [0.25, 0.3) is 0 Å². The van der Waals surface area contributed by atoms with Crippen LogP contribution in [-0.2, 0) is 4.79 Å². The fourth-order valence-electron chi connectivity index (χ4n) is 3.43. The molecular weight excluding hydrogens is 376 g/mol. The number of aryl methyl sites for hydroxylation is 2. The fraction of sp³-hybridized carbons (Fsp3) is 0.450. The molecule has 4 rings (SSSR count). The Morgan fingerprint density at radius 2 is 1.89 bits per heavy atom. The van der Waals surface area contributed by atoms with Gasteiger partial charge in [0.1, 0.15) is 0 Å². The Kier molecular flexibility index (Phi) is 5.50. The van der Waals surface area contributed by atoms with E-state index in [1.165, 1.54) is 35.7 Å². The minimum absolute atomic E-state index is 0.210. The lowest BCUT2D eigenvalue weighted by Crippen LogP contribution is -2.33. The molecular formula is C20H24N4OS2.